The van der Waals surface area contributed by atoms with Crippen LogP contribution >= 0.6 is 0 Å². The van der Waals surface area contributed by atoms with Crippen molar-refractivity contribution in [3.8, 4) is 0 Å². The van der Waals surface area contributed by atoms with Crippen LogP contribution in [-0.2, 0) is 4.79 Å². The van der Waals surface area contributed by atoms with Crippen molar-refractivity contribution in [1.29, 1.82) is 0 Å². The zero-order chi connectivity index (χ0) is 9.82. The van der Waals surface area contributed by atoms with E-state index in [1.807, 2.05) is 0 Å². The van der Waals surface area contributed by atoms with Gasteiger partial charge in [-0.1, -0.05) is 20.4 Å². The van der Waals surface area contributed by atoms with Crippen LogP contribution in [0.1, 0.15) is 26.7 Å². The van der Waals surface area contributed by atoms with Crippen LogP contribution in [0.15, 0.2) is 12.7 Å². The molecule has 0 aromatic rings. The molecule has 0 aliphatic carbocycles. The standard InChI is InChI=1S/C6H15N.C3H4O2/c1-3-5-7-6-4-2;1-2-3(4)5/h7H,3-6H2,1-2H3;2H,1H2,(H,4,5). The number of carbonyl (C=O) groups is 1. The highest BCUT2D eigenvalue weighted by Gasteiger charge is 1.76. The van der Waals surface area contributed by atoms with Crippen LogP contribution in [0.5, 0.6) is 0 Å². The van der Waals surface area contributed by atoms with E-state index in [2.05, 4.69) is 25.7 Å². The van der Waals surface area contributed by atoms with E-state index in [1.54, 1.807) is 0 Å². The molecule has 0 unspecified atom stereocenters. The van der Waals surface area contributed by atoms with E-state index < -0.39 is 5.97 Å². The maximum absolute atomic E-state index is 9.25. The number of hydrogen-bond donors (Lipinski definition) is 2. The lowest BCUT2D eigenvalue weighted by Crippen LogP contribution is -2.14. The van der Waals surface area contributed by atoms with Crippen molar-refractivity contribution < 1.29 is 9.90 Å². The van der Waals surface area contributed by atoms with E-state index >= 15 is 0 Å². The van der Waals surface area contributed by atoms with Crippen LogP contribution in [0.25, 0.3) is 0 Å². The Kier molecular flexibility index (Phi) is 14.7. The smallest absolute Gasteiger partial charge is 0.327 e. The fourth-order valence-electron chi connectivity index (χ4n) is 0.479. The molecular formula is C9H19NO2. The summed E-state index contributed by atoms with van der Waals surface area (Å²) >= 11 is 0. The molecule has 0 rings (SSSR count). The molecule has 0 aromatic heterocycles. The Hall–Kier alpha value is -0.830. The summed E-state index contributed by atoms with van der Waals surface area (Å²) in [6.07, 6.45) is 3.33. The number of carboxylic acids is 1. The molecule has 0 radical (unpaired) electrons. The topological polar surface area (TPSA) is 49.3 Å². The van der Waals surface area contributed by atoms with E-state index in [4.69, 9.17) is 5.11 Å². The molecule has 12 heavy (non-hydrogen) atoms. The molecule has 0 aliphatic heterocycles. The molecule has 0 aliphatic rings. The predicted octanol–water partition coefficient (Wildman–Crippen LogP) is 1.65. The Labute approximate surface area is 74.5 Å². The highest BCUT2D eigenvalue weighted by molar-refractivity contribution is 5.78. The number of rotatable bonds is 5. The molecule has 0 saturated carbocycles. The van der Waals surface area contributed by atoms with Crippen molar-refractivity contribution in [3.05, 3.63) is 12.7 Å². The van der Waals surface area contributed by atoms with E-state index in [0.717, 1.165) is 6.08 Å². The van der Waals surface area contributed by atoms with Crippen LogP contribution in [0.2, 0.25) is 0 Å². The Morgan fingerprint density at radius 1 is 1.42 bits per heavy atom. The molecule has 0 fully saturated rings. The lowest BCUT2D eigenvalue weighted by atomic mass is 10.4. The molecule has 0 spiro atoms. The van der Waals surface area contributed by atoms with Crippen LogP contribution in [-0.4, -0.2) is 24.2 Å². The highest BCUT2D eigenvalue weighted by Crippen LogP contribution is 1.71. The van der Waals surface area contributed by atoms with Gasteiger partial charge in [-0.05, 0) is 25.9 Å². The van der Waals surface area contributed by atoms with Gasteiger partial charge in [0.05, 0.1) is 0 Å². The molecule has 0 aromatic carbocycles. The van der Waals surface area contributed by atoms with Crippen molar-refractivity contribution >= 4 is 5.97 Å². The van der Waals surface area contributed by atoms with Crippen LogP contribution in [0, 0.1) is 0 Å². The minimum Gasteiger partial charge on any atom is -0.478 e. The van der Waals surface area contributed by atoms with Gasteiger partial charge >= 0.3 is 5.97 Å². The van der Waals surface area contributed by atoms with Gasteiger partial charge in [-0.25, -0.2) is 4.79 Å². The van der Waals surface area contributed by atoms with E-state index in [9.17, 15) is 4.79 Å². The monoisotopic (exact) mass is 173 g/mol. The Morgan fingerprint density at radius 3 is 1.92 bits per heavy atom. The summed E-state index contributed by atoms with van der Waals surface area (Å²) in [5.41, 5.74) is 0. The van der Waals surface area contributed by atoms with Gasteiger partial charge in [0.2, 0.25) is 0 Å². The minimum atomic E-state index is -0.981. The Morgan fingerprint density at radius 2 is 1.75 bits per heavy atom. The first-order valence-corrected chi connectivity index (χ1v) is 4.25. The summed E-state index contributed by atoms with van der Waals surface area (Å²) in [6, 6.07) is 0. The Bertz CT molecular complexity index is 109. The minimum absolute atomic E-state index is 0.833. The number of carboxylic acid groups (broad SMARTS) is 1. The molecule has 72 valence electrons. The number of hydrogen-bond acceptors (Lipinski definition) is 2. The van der Waals surface area contributed by atoms with Gasteiger partial charge in [0.1, 0.15) is 0 Å². The molecule has 3 heteroatoms. The summed E-state index contributed by atoms with van der Waals surface area (Å²) in [5.74, 6) is -0.981. The maximum Gasteiger partial charge on any atom is 0.327 e. The molecule has 0 bridgehead atoms. The first kappa shape index (κ1) is 13.7. The lowest BCUT2D eigenvalue weighted by molar-refractivity contribution is -0.131. The average molecular weight is 173 g/mol. The van der Waals surface area contributed by atoms with Crippen LogP contribution in [0.4, 0.5) is 0 Å². The van der Waals surface area contributed by atoms with Crippen molar-refractivity contribution in [1.82, 2.24) is 5.32 Å². The SMILES string of the molecule is C=CC(=O)O.CCCNCCC. The zero-order valence-electron chi connectivity index (χ0n) is 7.97. The first-order valence-electron chi connectivity index (χ1n) is 4.25. The normalized spacial score (nSPS) is 8.17. The molecule has 2 N–H and O–H groups in total. The quantitative estimate of drug-likeness (QED) is 0.491. The zero-order valence-corrected chi connectivity index (χ0v) is 7.97. The molecule has 0 amide bonds. The lowest BCUT2D eigenvalue weighted by Gasteiger charge is -1.95. The van der Waals surface area contributed by atoms with Crippen LogP contribution in [0.3, 0.4) is 0 Å². The second kappa shape index (κ2) is 12.8. The third kappa shape index (κ3) is 22.9. The fraction of sp³-hybridized carbons (Fsp3) is 0.667. The van der Waals surface area contributed by atoms with Crippen molar-refractivity contribution in [2.24, 2.45) is 0 Å². The second-order valence-electron chi connectivity index (χ2n) is 2.29. The van der Waals surface area contributed by atoms with Gasteiger partial charge in [0.25, 0.3) is 0 Å². The number of aliphatic carboxylic acids is 1. The van der Waals surface area contributed by atoms with Crippen molar-refractivity contribution in [2.45, 2.75) is 26.7 Å². The fourth-order valence-corrected chi connectivity index (χ4v) is 0.479. The summed E-state index contributed by atoms with van der Waals surface area (Å²) < 4.78 is 0. The molecule has 0 heterocycles. The molecule has 0 saturated heterocycles. The number of nitrogens with one attached hydrogen (secondary N) is 1. The third-order valence-corrected chi connectivity index (χ3v) is 1.03. The molecular weight excluding hydrogens is 154 g/mol. The predicted molar refractivity (Wildman–Crippen MR) is 51.3 cm³/mol. The van der Waals surface area contributed by atoms with E-state index in [1.165, 1.54) is 25.9 Å². The van der Waals surface area contributed by atoms with Crippen LogP contribution < -0.4 is 5.32 Å². The van der Waals surface area contributed by atoms with E-state index in [0.29, 0.717) is 0 Å². The van der Waals surface area contributed by atoms with Gasteiger partial charge in [0, 0.05) is 6.08 Å². The van der Waals surface area contributed by atoms with Gasteiger partial charge in [-0.15, -0.1) is 0 Å². The molecule has 3 nitrogen and oxygen atoms in total. The van der Waals surface area contributed by atoms with Crippen molar-refractivity contribution in [2.75, 3.05) is 13.1 Å². The highest BCUT2D eigenvalue weighted by atomic mass is 16.4. The maximum atomic E-state index is 9.25. The third-order valence-electron chi connectivity index (χ3n) is 1.03. The first-order chi connectivity index (χ1) is 5.68. The average Bonchev–Trinajstić information content (AvgIpc) is 2.07. The largest absolute Gasteiger partial charge is 0.478 e. The summed E-state index contributed by atoms with van der Waals surface area (Å²) in [6.45, 7) is 9.68. The summed E-state index contributed by atoms with van der Waals surface area (Å²) in [7, 11) is 0. The van der Waals surface area contributed by atoms with Gasteiger partial charge in [-0.2, -0.15) is 0 Å². The van der Waals surface area contributed by atoms with Gasteiger partial charge in [0.15, 0.2) is 0 Å². The van der Waals surface area contributed by atoms with Crippen molar-refractivity contribution in [3.63, 3.8) is 0 Å². The summed E-state index contributed by atoms with van der Waals surface area (Å²) in [4.78, 5) is 9.25. The van der Waals surface area contributed by atoms with E-state index in [-0.39, 0.29) is 0 Å². The van der Waals surface area contributed by atoms with Gasteiger partial charge < -0.3 is 10.4 Å². The Balaban J connectivity index is 0. The molecule has 0 atom stereocenters. The van der Waals surface area contributed by atoms with Gasteiger partial charge in [-0.3, -0.25) is 0 Å². The second-order valence-corrected chi connectivity index (χ2v) is 2.29. The summed E-state index contributed by atoms with van der Waals surface area (Å²) in [5, 5.41) is 10.9.